The summed E-state index contributed by atoms with van der Waals surface area (Å²) in [7, 11) is 0. The Morgan fingerprint density at radius 2 is 2.38 bits per heavy atom. The Kier molecular flexibility index (Phi) is 7.22. The average molecular weight is 287 g/mol. The lowest BCUT2D eigenvalue weighted by molar-refractivity contribution is -0.146. The molecule has 1 atom stereocenters. The van der Waals surface area contributed by atoms with Crippen molar-refractivity contribution in [3.8, 4) is 6.07 Å². The molecular weight excluding hydrogens is 270 g/mol. The zero-order valence-corrected chi connectivity index (χ0v) is 11.6. The van der Waals surface area contributed by atoms with Crippen LogP contribution in [0.3, 0.4) is 0 Å². The van der Waals surface area contributed by atoms with Gasteiger partial charge in [0, 0.05) is 25.2 Å². The fourth-order valence-corrected chi connectivity index (χ4v) is 1.65. The van der Waals surface area contributed by atoms with Crippen LogP contribution in [0, 0.1) is 11.3 Å². The molecular formula is C15H17N3O3. The Labute approximate surface area is 123 Å². The lowest BCUT2D eigenvalue weighted by Gasteiger charge is -2.16. The van der Waals surface area contributed by atoms with Crippen LogP contribution >= 0.6 is 0 Å². The van der Waals surface area contributed by atoms with Crippen molar-refractivity contribution in [2.24, 2.45) is 0 Å². The van der Waals surface area contributed by atoms with Gasteiger partial charge in [-0.2, -0.15) is 5.26 Å². The zero-order valence-electron chi connectivity index (χ0n) is 11.6. The van der Waals surface area contributed by atoms with Gasteiger partial charge in [-0.3, -0.25) is 9.78 Å². The van der Waals surface area contributed by atoms with E-state index >= 15 is 0 Å². The van der Waals surface area contributed by atoms with Crippen LogP contribution in [-0.4, -0.2) is 29.5 Å². The third-order valence-electron chi connectivity index (χ3n) is 2.64. The summed E-state index contributed by atoms with van der Waals surface area (Å²) in [6.07, 6.45) is 5.90. The van der Waals surface area contributed by atoms with Crippen molar-refractivity contribution in [2.45, 2.75) is 25.3 Å². The van der Waals surface area contributed by atoms with E-state index in [1.165, 1.54) is 0 Å². The van der Waals surface area contributed by atoms with Gasteiger partial charge in [-0.15, -0.1) is 6.58 Å². The third kappa shape index (κ3) is 6.34. The molecule has 0 radical (unpaired) electrons. The lowest BCUT2D eigenvalue weighted by atomic mass is 10.1. The molecule has 1 amide bonds. The summed E-state index contributed by atoms with van der Waals surface area (Å²) in [6, 6.07) is 4.43. The van der Waals surface area contributed by atoms with Gasteiger partial charge in [-0.1, -0.05) is 12.1 Å². The molecule has 0 spiro atoms. The fourth-order valence-electron chi connectivity index (χ4n) is 1.65. The highest BCUT2D eigenvalue weighted by molar-refractivity contribution is 5.84. The largest absolute Gasteiger partial charge is 0.449 e. The number of amides is 1. The molecule has 0 saturated carbocycles. The highest BCUT2D eigenvalue weighted by Crippen LogP contribution is 2.04. The number of rotatable bonds is 8. The second kappa shape index (κ2) is 9.26. The van der Waals surface area contributed by atoms with Gasteiger partial charge in [0.15, 0.2) is 6.61 Å². The predicted octanol–water partition coefficient (Wildman–Crippen LogP) is 1.14. The van der Waals surface area contributed by atoms with Crippen molar-refractivity contribution in [2.75, 3.05) is 6.61 Å². The first-order chi connectivity index (χ1) is 10.2. The van der Waals surface area contributed by atoms with Gasteiger partial charge < -0.3 is 10.1 Å². The van der Waals surface area contributed by atoms with Crippen LogP contribution < -0.4 is 5.32 Å². The van der Waals surface area contributed by atoms with Crippen LogP contribution in [0.4, 0.5) is 0 Å². The summed E-state index contributed by atoms with van der Waals surface area (Å²) in [5, 5.41) is 11.1. The maximum atomic E-state index is 11.9. The van der Waals surface area contributed by atoms with Gasteiger partial charge in [0.25, 0.3) is 0 Å². The standard InChI is InChI=1S/C15H17N3O3/c1-2-3-6-14(19)18-13(15(20)21-9-7-16)10-12-5-4-8-17-11-12/h2,4-5,8,11,13H,1,3,6,9-10H2,(H,18,19)/t13-/m0/s1. The Hall–Kier alpha value is -2.68. The minimum atomic E-state index is -0.833. The van der Waals surface area contributed by atoms with Crippen molar-refractivity contribution in [3.63, 3.8) is 0 Å². The molecule has 1 heterocycles. The Bertz CT molecular complexity index is 523. The summed E-state index contributed by atoms with van der Waals surface area (Å²) in [5.41, 5.74) is 0.792. The number of hydrogen-bond acceptors (Lipinski definition) is 5. The zero-order chi connectivity index (χ0) is 15.5. The maximum Gasteiger partial charge on any atom is 0.330 e. The Morgan fingerprint density at radius 3 is 3.00 bits per heavy atom. The first-order valence-corrected chi connectivity index (χ1v) is 6.50. The number of carbonyl (C=O) groups excluding carboxylic acids is 2. The second-order valence-electron chi connectivity index (χ2n) is 4.28. The number of pyridine rings is 1. The van der Waals surface area contributed by atoms with E-state index < -0.39 is 12.0 Å². The van der Waals surface area contributed by atoms with E-state index in [9.17, 15) is 9.59 Å². The van der Waals surface area contributed by atoms with Crippen molar-refractivity contribution in [1.29, 1.82) is 5.26 Å². The van der Waals surface area contributed by atoms with Crippen molar-refractivity contribution in [1.82, 2.24) is 10.3 Å². The molecule has 0 aliphatic rings. The summed E-state index contributed by atoms with van der Waals surface area (Å²) in [4.78, 5) is 27.6. The molecule has 0 saturated heterocycles. The van der Waals surface area contributed by atoms with Crippen LogP contribution in [0.25, 0.3) is 0 Å². The van der Waals surface area contributed by atoms with Crippen molar-refractivity contribution >= 4 is 11.9 Å². The smallest absolute Gasteiger partial charge is 0.330 e. The van der Waals surface area contributed by atoms with Crippen LogP contribution in [-0.2, 0) is 20.7 Å². The van der Waals surface area contributed by atoms with Crippen LogP contribution in [0.5, 0.6) is 0 Å². The number of esters is 1. The molecule has 1 rings (SSSR count). The SMILES string of the molecule is C=CCCC(=O)N[C@@H](Cc1cccnc1)C(=O)OCC#N. The van der Waals surface area contributed by atoms with Gasteiger partial charge in [-0.05, 0) is 18.1 Å². The highest BCUT2D eigenvalue weighted by atomic mass is 16.5. The Morgan fingerprint density at radius 1 is 1.57 bits per heavy atom. The number of nitrogens with one attached hydrogen (secondary N) is 1. The van der Waals surface area contributed by atoms with Crippen LogP contribution in [0.1, 0.15) is 18.4 Å². The van der Waals surface area contributed by atoms with Crippen LogP contribution in [0.15, 0.2) is 37.2 Å². The number of nitrogens with zero attached hydrogens (tertiary/aromatic N) is 2. The van der Waals surface area contributed by atoms with Gasteiger partial charge in [0.05, 0.1) is 0 Å². The first-order valence-electron chi connectivity index (χ1n) is 6.50. The molecule has 110 valence electrons. The quantitative estimate of drug-likeness (QED) is 0.572. The molecule has 1 aromatic rings. The number of allylic oxidation sites excluding steroid dienone is 1. The van der Waals surface area contributed by atoms with E-state index in [1.807, 2.05) is 0 Å². The molecule has 6 nitrogen and oxygen atoms in total. The van der Waals surface area contributed by atoms with Crippen LogP contribution in [0.2, 0.25) is 0 Å². The van der Waals surface area contributed by atoms with Gasteiger partial charge >= 0.3 is 5.97 Å². The highest BCUT2D eigenvalue weighted by Gasteiger charge is 2.22. The summed E-state index contributed by atoms with van der Waals surface area (Å²) >= 11 is 0. The maximum absolute atomic E-state index is 11.9. The molecule has 0 aliphatic carbocycles. The van der Waals surface area contributed by atoms with Crippen molar-refractivity contribution < 1.29 is 14.3 Å². The minimum absolute atomic E-state index is 0.249. The van der Waals surface area contributed by atoms with E-state index in [1.54, 1.807) is 36.7 Å². The number of carbonyl (C=O) groups is 2. The molecule has 0 unspecified atom stereocenters. The first kappa shape index (κ1) is 16.4. The third-order valence-corrected chi connectivity index (χ3v) is 2.64. The lowest BCUT2D eigenvalue weighted by Crippen LogP contribution is -2.43. The molecule has 0 aromatic carbocycles. The average Bonchev–Trinajstić information content (AvgIpc) is 2.51. The molecule has 0 bridgehead atoms. The van der Waals surface area contributed by atoms with E-state index in [2.05, 4.69) is 16.9 Å². The second-order valence-corrected chi connectivity index (χ2v) is 4.28. The summed E-state index contributed by atoms with van der Waals surface area (Å²) < 4.78 is 4.78. The predicted molar refractivity (Wildman–Crippen MR) is 75.9 cm³/mol. The topological polar surface area (TPSA) is 92.1 Å². The van der Waals surface area contributed by atoms with E-state index in [4.69, 9.17) is 10.00 Å². The van der Waals surface area contributed by atoms with Gasteiger partial charge in [0.2, 0.25) is 5.91 Å². The minimum Gasteiger partial charge on any atom is -0.449 e. The fraction of sp³-hybridized carbons (Fsp3) is 0.333. The normalized spacial score (nSPS) is 11.0. The molecule has 21 heavy (non-hydrogen) atoms. The Balaban J connectivity index is 2.69. The number of hydrogen-bond donors (Lipinski definition) is 1. The molecule has 0 fully saturated rings. The monoisotopic (exact) mass is 287 g/mol. The van der Waals surface area contributed by atoms with E-state index in [-0.39, 0.29) is 25.4 Å². The summed E-state index contributed by atoms with van der Waals surface area (Å²) in [6.45, 7) is 3.20. The number of ether oxygens (including phenoxy) is 1. The molecule has 1 aromatic heterocycles. The molecule has 6 heteroatoms. The number of nitriles is 1. The van der Waals surface area contributed by atoms with E-state index in [0.717, 1.165) is 5.56 Å². The molecule has 1 N–H and O–H groups in total. The van der Waals surface area contributed by atoms with Crippen molar-refractivity contribution in [3.05, 3.63) is 42.7 Å². The molecule has 0 aliphatic heterocycles. The summed E-state index contributed by atoms with van der Waals surface area (Å²) in [5.74, 6) is -0.898. The van der Waals surface area contributed by atoms with E-state index in [0.29, 0.717) is 6.42 Å². The van der Waals surface area contributed by atoms with Gasteiger partial charge in [0.1, 0.15) is 12.1 Å². The van der Waals surface area contributed by atoms with Gasteiger partial charge in [-0.25, -0.2) is 4.79 Å². The number of aromatic nitrogens is 1.